The molecule has 0 saturated carbocycles. The van der Waals surface area contributed by atoms with Crippen molar-refractivity contribution < 1.29 is 5.21 Å². The van der Waals surface area contributed by atoms with Gasteiger partial charge in [0.15, 0.2) is 5.84 Å². The van der Waals surface area contributed by atoms with Gasteiger partial charge in [-0.15, -0.1) is 12.6 Å². The summed E-state index contributed by atoms with van der Waals surface area (Å²) in [5, 5.41) is 11.1. The molecular weight excluding hydrogens is 162 g/mol. The fraction of sp³-hybridized carbons (Fsp3) is 0. The van der Waals surface area contributed by atoms with Gasteiger partial charge in [0.05, 0.1) is 0 Å². The van der Waals surface area contributed by atoms with Crippen LogP contribution in [0, 0.1) is 0 Å². The zero-order chi connectivity index (χ0) is 8.27. The molecule has 0 fully saturated rings. The maximum atomic E-state index is 8.30. The predicted octanol–water partition coefficient (Wildman–Crippen LogP) is 0.465. The zero-order valence-corrected chi connectivity index (χ0v) is 6.49. The summed E-state index contributed by atoms with van der Waals surface area (Å²) in [6, 6.07) is 3.43. The zero-order valence-electron chi connectivity index (χ0n) is 5.60. The number of pyridine rings is 1. The van der Waals surface area contributed by atoms with Crippen LogP contribution in [-0.2, 0) is 0 Å². The summed E-state index contributed by atoms with van der Waals surface area (Å²) in [7, 11) is 0. The molecular formula is C6H7N3OS. The Balaban J connectivity index is 3.14. The Morgan fingerprint density at radius 2 is 2.45 bits per heavy atom. The fourth-order valence-corrected chi connectivity index (χ4v) is 0.900. The van der Waals surface area contributed by atoms with Gasteiger partial charge in [-0.2, -0.15) is 0 Å². The summed E-state index contributed by atoms with van der Waals surface area (Å²) in [5.41, 5.74) is 5.67. The van der Waals surface area contributed by atoms with E-state index in [1.807, 2.05) is 0 Å². The van der Waals surface area contributed by atoms with Crippen molar-refractivity contribution in [3.05, 3.63) is 24.0 Å². The molecule has 1 rings (SSSR count). The third kappa shape index (κ3) is 1.62. The van der Waals surface area contributed by atoms with Crippen molar-refractivity contribution in [2.45, 2.75) is 4.90 Å². The van der Waals surface area contributed by atoms with E-state index in [0.29, 0.717) is 10.6 Å². The molecule has 0 aliphatic rings. The van der Waals surface area contributed by atoms with Gasteiger partial charge in [0.25, 0.3) is 0 Å². The summed E-state index contributed by atoms with van der Waals surface area (Å²) in [6.07, 6.45) is 1.55. The molecule has 0 aliphatic carbocycles. The molecule has 0 radical (unpaired) electrons. The number of nitrogens with two attached hydrogens (primary N) is 1. The van der Waals surface area contributed by atoms with Crippen LogP contribution in [0.1, 0.15) is 5.69 Å². The molecule has 1 aromatic rings. The van der Waals surface area contributed by atoms with E-state index in [1.165, 1.54) is 0 Å². The van der Waals surface area contributed by atoms with E-state index in [9.17, 15) is 0 Å². The van der Waals surface area contributed by atoms with Gasteiger partial charge in [-0.25, -0.2) is 0 Å². The summed E-state index contributed by atoms with van der Waals surface area (Å²) in [4.78, 5) is 4.44. The summed E-state index contributed by atoms with van der Waals surface area (Å²) < 4.78 is 0. The first-order valence-corrected chi connectivity index (χ1v) is 3.32. The van der Waals surface area contributed by atoms with Crippen LogP contribution in [0.5, 0.6) is 0 Å². The molecule has 0 atom stereocenters. The van der Waals surface area contributed by atoms with Crippen LogP contribution in [0.25, 0.3) is 0 Å². The fourth-order valence-electron chi connectivity index (χ4n) is 0.642. The van der Waals surface area contributed by atoms with Crippen molar-refractivity contribution in [3.8, 4) is 0 Å². The lowest BCUT2D eigenvalue weighted by atomic mass is 10.3. The van der Waals surface area contributed by atoms with E-state index in [-0.39, 0.29) is 5.84 Å². The monoisotopic (exact) mass is 169 g/mol. The Labute approximate surface area is 69.2 Å². The number of hydrogen-bond acceptors (Lipinski definition) is 4. The SMILES string of the molecule is NC(=NO)c1ncccc1S. The lowest BCUT2D eigenvalue weighted by molar-refractivity contribution is 0.318. The van der Waals surface area contributed by atoms with Crippen LogP contribution in [0.4, 0.5) is 0 Å². The Kier molecular flexibility index (Phi) is 2.32. The van der Waals surface area contributed by atoms with Gasteiger partial charge in [0.2, 0.25) is 0 Å². The third-order valence-electron chi connectivity index (χ3n) is 1.14. The normalized spacial score (nSPS) is 11.5. The second-order valence-electron chi connectivity index (χ2n) is 1.86. The van der Waals surface area contributed by atoms with E-state index >= 15 is 0 Å². The highest BCUT2D eigenvalue weighted by Gasteiger charge is 2.03. The minimum absolute atomic E-state index is 0.0319. The van der Waals surface area contributed by atoms with Crippen molar-refractivity contribution in [3.63, 3.8) is 0 Å². The first-order chi connectivity index (χ1) is 5.25. The van der Waals surface area contributed by atoms with E-state index in [2.05, 4.69) is 22.8 Å². The van der Waals surface area contributed by atoms with Gasteiger partial charge in [-0.05, 0) is 12.1 Å². The Bertz CT molecular complexity index is 287. The standard InChI is InChI=1S/C6H7N3OS/c7-6(9-10)5-4(11)2-1-3-8-5/h1-3,10-11H,(H2,7,9). The lowest BCUT2D eigenvalue weighted by Crippen LogP contribution is -2.15. The lowest BCUT2D eigenvalue weighted by Gasteiger charge is -1.98. The van der Waals surface area contributed by atoms with Crippen molar-refractivity contribution in [1.82, 2.24) is 4.98 Å². The molecule has 4 nitrogen and oxygen atoms in total. The first kappa shape index (κ1) is 7.87. The number of hydrogen-bond donors (Lipinski definition) is 3. The van der Waals surface area contributed by atoms with E-state index in [4.69, 9.17) is 10.9 Å². The van der Waals surface area contributed by atoms with Gasteiger partial charge in [0.1, 0.15) is 5.69 Å². The molecule has 0 unspecified atom stereocenters. The summed E-state index contributed by atoms with van der Waals surface area (Å²) >= 11 is 4.06. The molecule has 0 aliphatic heterocycles. The highest BCUT2D eigenvalue weighted by atomic mass is 32.1. The number of rotatable bonds is 1. The Hall–Kier alpha value is -1.23. The van der Waals surface area contributed by atoms with Crippen LogP contribution < -0.4 is 5.73 Å². The van der Waals surface area contributed by atoms with Crippen molar-refractivity contribution in [2.24, 2.45) is 10.9 Å². The van der Waals surface area contributed by atoms with E-state index in [0.717, 1.165) is 0 Å². The number of oxime groups is 1. The maximum absolute atomic E-state index is 8.30. The number of thiol groups is 1. The largest absolute Gasteiger partial charge is 0.409 e. The minimum Gasteiger partial charge on any atom is -0.409 e. The molecule has 0 bridgehead atoms. The van der Waals surface area contributed by atoms with Crippen LogP contribution in [0.3, 0.4) is 0 Å². The van der Waals surface area contributed by atoms with Crippen molar-refractivity contribution in [1.29, 1.82) is 0 Å². The van der Waals surface area contributed by atoms with Crippen LogP contribution in [0.15, 0.2) is 28.4 Å². The summed E-state index contributed by atoms with van der Waals surface area (Å²) in [5.74, 6) is -0.0319. The molecule has 0 spiro atoms. The third-order valence-corrected chi connectivity index (χ3v) is 1.50. The smallest absolute Gasteiger partial charge is 0.189 e. The molecule has 3 N–H and O–H groups in total. The maximum Gasteiger partial charge on any atom is 0.189 e. The van der Waals surface area contributed by atoms with E-state index < -0.39 is 0 Å². The highest BCUT2D eigenvalue weighted by Crippen LogP contribution is 2.08. The Morgan fingerprint density at radius 1 is 1.73 bits per heavy atom. The van der Waals surface area contributed by atoms with Gasteiger partial charge >= 0.3 is 0 Å². The Morgan fingerprint density at radius 3 is 3.00 bits per heavy atom. The van der Waals surface area contributed by atoms with Crippen LogP contribution in [0.2, 0.25) is 0 Å². The van der Waals surface area contributed by atoms with Gasteiger partial charge in [0, 0.05) is 11.1 Å². The molecule has 0 aromatic carbocycles. The second-order valence-corrected chi connectivity index (χ2v) is 2.34. The molecule has 0 amide bonds. The highest BCUT2D eigenvalue weighted by molar-refractivity contribution is 7.80. The van der Waals surface area contributed by atoms with Gasteiger partial charge in [-0.3, -0.25) is 4.98 Å². The van der Waals surface area contributed by atoms with Crippen molar-refractivity contribution in [2.75, 3.05) is 0 Å². The molecule has 11 heavy (non-hydrogen) atoms. The van der Waals surface area contributed by atoms with E-state index in [1.54, 1.807) is 18.3 Å². The molecule has 5 heteroatoms. The molecule has 1 aromatic heterocycles. The van der Waals surface area contributed by atoms with Crippen LogP contribution in [-0.4, -0.2) is 16.0 Å². The molecule has 1 heterocycles. The van der Waals surface area contributed by atoms with Gasteiger partial charge in [-0.1, -0.05) is 5.16 Å². The van der Waals surface area contributed by atoms with Crippen molar-refractivity contribution >= 4 is 18.5 Å². The molecule has 0 saturated heterocycles. The van der Waals surface area contributed by atoms with Gasteiger partial charge < -0.3 is 10.9 Å². The number of amidine groups is 1. The topological polar surface area (TPSA) is 71.5 Å². The average Bonchev–Trinajstić information content (AvgIpc) is 2.04. The van der Waals surface area contributed by atoms with Crippen LogP contribution >= 0.6 is 12.6 Å². The second kappa shape index (κ2) is 3.25. The average molecular weight is 169 g/mol. The minimum atomic E-state index is -0.0319. The number of aromatic nitrogens is 1. The summed E-state index contributed by atoms with van der Waals surface area (Å²) in [6.45, 7) is 0. The predicted molar refractivity (Wildman–Crippen MR) is 44.0 cm³/mol. The first-order valence-electron chi connectivity index (χ1n) is 2.87. The molecule has 58 valence electrons. The number of nitrogens with zero attached hydrogens (tertiary/aromatic N) is 2. The quantitative estimate of drug-likeness (QED) is 0.188.